The van der Waals surface area contributed by atoms with Crippen LogP contribution in [0.2, 0.25) is 0 Å². The zero-order valence-corrected chi connectivity index (χ0v) is 11.4. The lowest BCUT2D eigenvalue weighted by Crippen LogP contribution is -2.40. The summed E-state index contributed by atoms with van der Waals surface area (Å²) < 4.78 is 5.43. The molecule has 19 heavy (non-hydrogen) atoms. The fourth-order valence-corrected chi connectivity index (χ4v) is 1.45. The molecular weight excluding hydrogens is 246 g/mol. The average molecular weight is 265 g/mol. The Morgan fingerprint density at radius 3 is 2.42 bits per heavy atom. The van der Waals surface area contributed by atoms with E-state index in [2.05, 4.69) is 0 Å². The Morgan fingerprint density at radius 1 is 1.32 bits per heavy atom. The zero-order chi connectivity index (χ0) is 14.4. The van der Waals surface area contributed by atoms with Gasteiger partial charge in [0.25, 0.3) is 0 Å². The lowest BCUT2D eigenvalue weighted by Gasteiger charge is -2.21. The molecule has 0 spiro atoms. The van der Waals surface area contributed by atoms with Crippen LogP contribution in [0.25, 0.3) is 0 Å². The van der Waals surface area contributed by atoms with E-state index in [0.29, 0.717) is 5.75 Å². The smallest absolute Gasteiger partial charge is 0.326 e. The number of carbonyl (C=O) groups is 2. The van der Waals surface area contributed by atoms with Gasteiger partial charge in [0.2, 0.25) is 5.91 Å². The Labute approximate surface area is 112 Å². The molecule has 0 aliphatic carbocycles. The van der Waals surface area contributed by atoms with Crippen LogP contribution in [0.3, 0.4) is 0 Å². The van der Waals surface area contributed by atoms with E-state index in [0.717, 1.165) is 5.56 Å². The number of likely N-dealkylation sites (N-methyl/N-ethyl adjacent to an activating group) is 1. The lowest BCUT2D eigenvalue weighted by molar-refractivity contribution is -0.148. The number of ether oxygens (including phenoxy) is 1. The molecule has 1 rings (SSSR count). The monoisotopic (exact) mass is 265 g/mol. The first kappa shape index (κ1) is 15.0. The first-order valence-corrected chi connectivity index (χ1v) is 6.09. The van der Waals surface area contributed by atoms with Crippen molar-refractivity contribution < 1.29 is 19.4 Å². The molecule has 0 aromatic heterocycles. The Balaban J connectivity index is 2.38. The van der Waals surface area contributed by atoms with Gasteiger partial charge in [-0.15, -0.1) is 0 Å². The average Bonchev–Trinajstić information content (AvgIpc) is 2.39. The topological polar surface area (TPSA) is 66.8 Å². The van der Waals surface area contributed by atoms with Gasteiger partial charge in [0.05, 0.1) is 13.0 Å². The maximum Gasteiger partial charge on any atom is 0.326 e. The molecule has 104 valence electrons. The van der Waals surface area contributed by atoms with Gasteiger partial charge in [-0.25, -0.2) is 4.79 Å². The summed E-state index contributed by atoms with van der Waals surface area (Å²) in [5.41, 5.74) is 1.14. The number of hydrogen-bond donors (Lipinski definition) is 1. The van der Waals surface area contributed by atoms with Crippen LogP contribution in [-0.4, -0.2) is 41.6 Å². The molecule has 1 atom stereocenters. The van der Waals surface area contributed by atoms with Crippen LogP contribution in [0, 0.1) is 6.92 Å². The quantitative estimate of drug-likeness (QED) is 0.850. The van der Waals surface area contributed by atoms with Crippen molar-refractivity contribution in [2.45, 2.75) is 26.3 Å². The van der Waals surface area contributed by atoms with E-state index < -0.39 is 12.0 Å². The second kappa shape index (κ2) is 6.78. The maximum absolute atomic E-state index is 11.7. The van der Waals surface area contributed by atoms with Crippen molar-refractivity contribution in [3.8, 4) is 5.75 Å². The summed E-state index contributed by atoms with van der Waals surface area (Å²) in [5.74, 6) is -0.565. The molecule has 0 aliphatic rings. The molecule has 5 heteroatoms. The van der Waals surface area contributed by atoms with Crippen molar-refractivity contribution in [1.29, 1.82) is 0 Å². The molecule has 0 saturated carbocycles. The normalized spacial score (nSPS) is 11.7. The molecule has 1 amide bonds. The minimum Gasteiger partial charge on any atom is -0.493 e. The predicted octanol–water partition coefficient (Wildman–Crippen LogP) is 1.70. The van der Waals surface area contributed by atoms with E-state index in [9.17, 15) is 9.59 Å². The van der Waals surface area contributed by atoms with Gasteiger partial charge in [0.1, 0.15) is 11.8 Å². The fraction of sp³-hybridized carbons (Fsp3) is 0.429. The standard InChI is InChI=1S/C14H19NO4/c1-10-4-6-12(7-5-10)19-9-8-13(16)15(3)11(2)14(17)18/h4-7,11H,8-9H2,1-3H3,(H,17,18). The molecule has 1 aromatic rings. The fourth-order valence-electron chi connectivity index (χ4n) is 1.45. The van der Waals surface area contributed by atoms with Gasteiger partial charge in [-0.05, 0) is 26.0 Å². The first-order chi connectivity index (χ1) is 8.91. The third-order valence-corrected chi connectivity index (χ3v) is 2.94. The van der Waals surface area contributed by atoms with Crippen LogP contribution in [0.1, 0.15) is 18.9 Å². The van der Waals surface area contributed by atoms with Crippen LogP contribution in [0.15, 0.2) is 24.3 Å². The number of aryl methyl sites for hydroxylation is 1. The highest BCUT2D eigenvalue weighted by Crippen LogP contribution is 2.11. The van der Waals surface area contributed by atoms with E-state index in [4.69, 9.17) is 9.84 Å². The van der Waals surface area contributed by atoms with Crippen molar-refractivity contribution in [2.24, 2.45) is 0 Å². The summed E-state index contributed by atoms with van der Waals surface area (Å²) >= 11 is 0. The van der Waals surface area contributed by atoms with Gasteiger partial charge in [-0.1, -0.05) is 17.7 Å². The van der Waals surface area contributed by atoms with E-state index in [1.165, 1.54) is 18.9 Å². The Kier molecular flexibility index (Phi) is 5.36. The largest absolute Gasteiger partial charge is 0.493 e. The van der Waals surface area contributed by atoms with E-state index in [-0.39, 0.29) is 18.9 Å². The molecular formula is C14H19NO4. The highest BCUT2D eigenvalue weighted by atomic mass is 16.5. The summed E-state index contributed by atoms with van der Waals surface area (Å²) in [4.78, 5) is 23.7. The van der Waals surface area contributed by atoms with Crippen LogP contribution in [0.4, 0.5) is 0 Å². The Hall–Kier alpha value is -2.04. The third-order valence-electron chi connectivity index (χ3n) is 2.94. The second-order valence-corrected chi connectivity index (χ2v) is 4.43. The number of carboxylic acids is 1. The number of amides is 1. The first-order valence-electron chi connectivity index (χ1n) is 6.09. The number of hydrogen-bond acceptors (Lipinski definition) is 3. The molecule has 1 unspecified atom stereocenters. The predicted molar refractivity (Wildman–Crippen MR) is 71.2 cm³/mol. The molecule has 0 bridgehead atoms. The highest BCUT2D eigenvalue weighted by Gasteiger charge is 2.21. The van der Waals surface area contributed by atoms with Crippen molar-refractivity contribution in [3.63, 3.8) is 0 Å². The number of rotatable bonds is 6. The van der Waals surface area contributed by atoms with Crippen LogP contribution < -0.4 is 4.74 Å². The van der Waals surface area contributed by atoms with Gasteiger partial charge < -0.3 is 14.7 Å². The van der Waals surface area contributed by atoms with Gasteiger partial charge in [-0.2, -0.15) is 0 Å². The molecule has 1 aromatic carbocycles. The van der Waals surface area contributed by atoms with Gasteiger partial charge >= 0.3 is 5.97 Å². The summed E-state index contributed by atoms with van der Waals surface area (Å²) in [7, 11) is 1.48. The summed E-state index contributed by atoms with van der Waals surface area (Å²) in [6, 6.07) is 6.70. The zero-order valence-electron chi connectivity index (χ0n) is 11.4. The summed E-state index contributed by atoms with van der Waals surface area (Å²) in [6.07, 6.45) is 0.155. The van der Waals surface area contributed by atoms with Gasteiger partial charge in [0, 0.05) is 7.05 Å². The summed E-state index contributed by atoms with van der Waals surface area (Å²) in [5, 5.41) is 8.81. The molecule has 0 saturated heterocycles. The van der Waals surface area contributed by atoms with Crippen LogP contribution in [-0.2, 0) is 9.59 Å². The van der Waals surface area contributed by atoms with Crippen molar-refractivity contribution in [1.82, 2.24) is 4.90 Å². The molecule has 0 radical (unpaired) electrons. The number of carbonyl (C=O) groups excluding carboxylic acids is 1. The summed E-state index contributed by atoms with van der Waals surface area (Å²) in [6.45, 7) is 3.69. The minimum atomic E-state index is -1.02. The van der Waals surface area contributed by atoms with E-state index >= 15 is 0 Å². The highest BCUT2D eigenvalue weighted by molar-refractivity contribution is 5.83. The number of carboxylic acid groups (broad SMARTS) is 1. The van der Waals surface area contributed by atoms with E-state index in [1.54, 1.807) is 0 Å². The molecule has 0 aliphatic heterocycles. The Bertz CT molecular complexity index is 441. The van der Waals surface area contributed by atoms with Gasteiger partial charge in [-0.3, -0.25) is 4.79 Å². The van der Waals surface area contributed by atoms with E-state index in [1.807, 2.05) is 31.2 Å². The van der Waals surface area contributed by atoms with Crippen molar-refractivity contribution >= 4 is 11.9 Å². The van der Waals surface area contributed by atoms with Crippen molar-refractivity contribution in [3.05, 3.63) is 29.8 Å². The lowest BCUT2D eigenvalue weighted by atomic mass is 10.2. The van der Waals surface area contributed by atoms with Crippen molar-refractivity contribution in [2.75, 3.05) is 13.7 Å². The third kappa shape index (κ3) is 4.62. The number of benzene rings is 1. The Morgan fingerprint density at radius 2 is 1.89 bits per heavy atom. The SMILES string of the molecule is Cc1ccc(OCCC(=O)N(C)C(C)C(=O)O)cc1. The molecule has 0 fully saturated rings. The van der Waals surface area contributed by atoms with Crippen LogP contribution in [0.5, 0.6) is 5.75 Å². The maximum atomic E-state index is 11.7. The molecule has 1 N–H and O–H groups in total. The number of nitrogens with zero attached hydrogens (tertiary/aromatic N) is 1. The minimum absolute atomic E-state index is 0.155. The van der Waals surface area contributed by atoms with Gasteiger partial charge in [0.15, 0.2) is 0 Å². The molecule has 0 heterocycles. The number of aliphatic carboxylic acids is 1. The molecule has 5 nitrogen and oxygen atoms in total. The second-order valence-electron chi connectivity index (χ2n) is 4.43. The van der Waals surface area contributed by atoms with Crippen LogP contribution >= 0.6 is 0 Å².